The van der Waals surface area contributed by atoms with E-state index in [9.17, 15) is 23.1 Å². The second-order valence-corrected chi connectivity index (χ2v) is 8.77. The molecule has 0 fully saturated rings. The average molecular weight is 403 g/mol. The van der Waals surface area contributed by atoms with Crippen LogP contribution in [0.1, 0.15) is 38.8 Å². The Morgan fingerprint density at radius 1 is 1.18 bits per heavy atom. The second-order valence-electron chi connectivity index (χ2n) is 6.59. The Morgan fingerprint density at radius 3 is 2.64 bits per heavy atom. The molecule has 28 heavy (non-hydrogen) atoms. The van der Waals surface area contributed by atoms with E-state index in [2.05, 4.69) is 0 Å². The summed E-state index contributed by atoms with van der Waals surface area (Å²) >= 11 is 0. The molecule has 0 spiro atoms. The van der Waals surface area contributed by atoms with Crippen LogP contribution in [0.2, 0.25) is 0 Å². The van der Waals surface area contributed by atoms with Crippen molar-refractivity contribution in [3.05, 3.63) is 58.7 Å². The number of phenolic OH excluding ortho intramolecular Hbond substituents is 1. The lowest BCUT2D eigenvalue weighted by molar-refractivity contribution is 0.0471. The highest BCUT2D eigenvalue weighted by Crippen LogP contribution is 2.31. The topological polar surface area (TPSA) is 101 Å². The number of benzene rings is 2. The van der Waals surface area contributed by atoms with Crippen molar-refractivity contribution in [2.45, 2.75) is 20.3 Å². The highest BCUT2D eigenvalue weighted by atomic mass is 32.2. The number of aryl methyl sites for hydroxylation is 1. The molecule has 1 aliphatic rings. The highest BCUT2D eigenvalue weighted by Gasteiger charge is 2.28. The fourth-order valence-electron chi connectivity index (χ4n) is 3.10. The van der Waals surface area contributed by atoms with Gasteiger partial charge in [0, 0.05) is 12.1 Å². The molecule has 7 nitrogen and oxygen atoms in total. The minimum Gasteiger partial charge on any atom is -0.507 e. The Morgan fingerprint density at radius 2 is 1.93 bits per heavy atom. The van der Waals surface area contributed by atoms with Crippen molar-refractivity contribution < 1.29 is 27.9 Å². The number of carbonyl (C=O) groups is 2. The number of hydrogen-bond donors (Lipinski definition) is 1. The first-order valence-electron chi connectivity index (χ1n) is 8.86. The molecule has 0 unspecified atom stereocenters. The van der Waals surface area contributed by atoms with Crippen LogP contribution >= 0.6 is 0 Å². The maximum Gasteiger partial charge on any atom is 0.342 e. The van der Waals surface area contributed by atoms with Crippen LogP contribution < -0.4 is 4.31 Å². The first-order chi connectivity index (χ1) is 13.2. The molecule has 0 aliphatic carbocycles. The van der Waals surface area contributed by atoms with Gasteiger partial charge >= 0.3 is 5.97 Å². The first kappa shape index (κ1) is 19.9. The molecule has 0 radical (unpaired) electrons. The number of phenols is 1. The third kappa shape index (κ3) is 3.87. The van der Waals surface area contributed by atoms with Gasteiger partial charge in [0.15, 0.2) is 12.4 Å². The van der Waals surface area contributed by atoms with Gasteiger partial charge in [-0.2, -0.15) is 0 Å². The Kier molecular flexibility index (Phi) is 5.42. The molecular weight excluding hydrogens is 382 g/mol. The summed E-state index contributed by atoms with van der Waals surface area (Å²) in [6.45, 7) is 3.24. The van der Waals surface area contributed by atoms with Crippen LogP contribution in [-0.2, 0) is 21.2 Å². The molecule has 1 N–H and O–H groups in total. The smallest absolute Gasteiger partial charge is 0.342 e. The lowest BCUT2D eigenvalue weighted by Gasteiger charge is -2.18. The van der Waals surface area contributed by atoms with Crippen molar-refractivity contribution in [2.75, 3.05) is 23.2 Å². The van der Waals surface area contributed by atoms with E-state index in [0.29, 0.717) is 24.2 Å². The van der Waals surface area contributed by atoms with Gasteiger partial charge in [0.2, 0.25) is 10.0 Å². The van der Waals surface area contributed by atoms with Crippen molar-refractivity contribution in [1.29, 1.82) is 0 Å². The molecule has 3 rings (SSSR count). The largest absolute Gasteiger partial charge is 0.507 e. The Hall–Kier alpha value is -2.87. The van der Waals surface area contributed by atoms with Crippen LogP contribution in [0.25, 0.3) is 0 Å². The van der Waals surface area contributed by atoms with Gasteiger partial charge in [0.1, 0.15) is 11.3 Å². The lowest BCUT2D eigenvalue weighted by atomic mass is 10.1. The SMILES string of the molecule is CCS(=O)(=O)N1CCc2cc(C(=O)COC(=O)c3cc(C)ccc3O)ccc21. The maximum atomic E-state index is 12.4. The van der Waals surface area contributed by atoms with Crippen molar-refractivity contribution in [3.8, 4) is 5.75 Å². The number of sulfonamides is 1. The molecule has 0 bridgehead atoms. The van der Waals surface area contributed by atoms with Crippen LogP contribution in [0.5, 0.6) is 5.75 Å². The Balaban J connectivity index is 1.71. The minimum atomic E-state index is -3.35. The molecule has 0 saturated carbocycles. The number of fused-ring (bicyclic) bond motifs is 1. The number of ether oxygens (including phenoxy) is 1. The Labute approximate surface area is 163 Å². The molecular formula is C20H21NO6S. The molecule has 0 saturated heterocycles. The van der Waals surface area contributed by atoms with Crippen molar-refractivity contribution in [3.63, 3.8) is 0 Å². The van der Waals surface area contributed by atoms with Gasteiger partial charge in [0.05, 0.1) is 11.4 Å². The van der Waals surface area contributed by atoms with Crippen LogP contribution in [0.4, 0.5) is 5.69 Å². The van der Waals surface area contributed by atoms with Crippen molar-refractivity contribution in [1.82, 2.24) is 0 Å². The lowest BCUT2D eigenvalue weighted by Crippen LogP contribution is -2.30. The molecule has 8 heteroatoms. The fourth-order valence-corrected chi connectivity index (χ4v) is 4.25. The monoisotopic (exact) mass is 403 g/mol. The van der Waals surface area contributed by atoms with Crippen molar-refractivity contribution in [2.24, 2.45) is 0 Å². The van der Waals surface area contributed by atoms with Crippen molar-refractivity contribution >= 4 is 27.5 Å². The first-order valence-corrected chi connectivity index (χ1v) is 10.5. The summed E-state index contributed by atoms with van der Waals surface area (Å²) in [5.74, 6) is -1.39. The quantitative estimate of drug-likeness (QED) is 0.587. The number of hydrogen-bond acceptors (Lipinski definition) is 6. The van der Waals surface area contributed by atoms with E-state index in [1.165, 1.54) is 22.5 Å². The van der Waals surface area contributed by atoms with Crippen LogP contribution in [0.3, 0.4) is 0 Å². The summed E-state index contributed by atoms with van der Waals surface area (Å²) < 4.78 is 30.7. The van der Waals surface area contributed by atoms with Crippen LogP contribution in [0.15, 0.2) is 36.4 Å². The zero-order valence-corrected chi connectivity index (χ0v) is 16.5. The van der Waals surface area contributed by atoms with E-state index < -0.39 is 28.4 Å². The predicted molar refractivity (Wildman–Crippen MR) is 104 cm³/mol. The number of anilines is 1. The minimum absolute atomic E-state index is 0.00201. The summed E-state index contributed by atoms with van der Waals surface area (Å²) in [6.07, 6.45) is 0.520. The third-order valence-electron chi connectivity index (χ3n) is 4.66. The third-order valence-corrected chi connectivity index (χ3v) is 6.44. The molecule has 148 valence electrons. The van der Waals surface area contributed by atoms with E-state index in [0.717, 1.165) is 11.1 Å². The van der Waals surface area contributed by atoms with Gasteiger partial charge in [-0.05, 0) is 56.2 Å². The molecule has 0 aromatic heterocycles. The number of carbonyl (C=O) groups excluding carboxylic acids is 2. The predicted octanol–water partition coefficient (Wildman–Crippen LogP) is 2.45. The summed E-state index contributed by atoms with van der Waals surface area (Å²) in [5.41, 5.74) is 2.48. The van der Waals surface area contributed by atoms with Gasteiger partial charge in [-0.25, -0.2) is 13.2 Å². The molecule has 1 aliphatic heterocycles. The van der Waals surface area contributed by atoms with E-state index in [1.54, 1.807) is 32.0 Å². The molecule has 0 atom stereocenters. The van der Waals surface area contributed by atoms with Crippen LogP contribution in [-0.4, -0.2) is 44.2 Å². The van der Waals surface area contributed by atoms with Gasteiger partial charge in [-0.3, -0.25) is 9.10 Å². The number of rotatable bonds is 6. The summed E-state index contributed by atoms with van der Waals surface area (Å²) in [7, 11) is -3.35. The standard InChI is InChI=1S/C20H21NO6S/c1-3-28(25,26)21-9-8-14-11-15(5-6-17(14)21)19(23)12-27-20(24)16-10-13(2)4-7-18(16)22/h4-7,10-11,22H,3,8-9,12H2,1-2H3. The molecule has 2 aromatic rings. The van der Waals surface area contributed by atoms with Gasteiger partial charge in [0.25, 0.3) is 0 Å². The van der Waals surface area contributed by atoms with E-state index in [4.69, 9.17) is 4.74 Å². The summed E-state index contributed by atoms with van der Waals surface area (Å²) in [4.78, 5) is 24.5. The van der Waals surface area contributed by atoms with Gasteiger partial charge in [-0.15, -0.1) is 0 Å². The maximum absolute atomic E-state index is 12.4. The number of aromatic hydroxyl groups is 1. The zero-order chi connectivity index (χ0) is 20.5. The highest BCUT2D eigenvalue weighted by molar-refractivity contribution is 7.92. The van der Waals surface area contributed by atoms with Gasteiger partial charge in [-0.1, -0.05) is 11.6 Å². The summed E-state index contributed by atoms with van der Waals surface area (Å²) in [5, 5.41) is 9.76. The number of nitrogens with zero attached hydrogens (tertiary/aromatic N) is 1. The normalized spacial score (nSPS) is 13.3. The van der Waals surface area contributed by atoms with E-state index in [-0.39, 0.29) is 17.1 Å². The van der Waals surface area contributed by atoms with E-state index >= 15 is 0 Å². The average Bonchev–Trinajstić information content (AvgIpc) is 3.11. The van der Waals surface area contributed by atoms with E-state index in [1.807, 2.05) is 0 Å². The number of ketones is 1. The second kappa shape index (κ2) is 7.63. The Bertz CT molecular complexity index is 1040. The number of esters is 1. The molecule has 0 amide bonds. The molecule has 2 aromatic carbocycles. The fraction of sp³-hybridized carbons (Fsp3) is 0.300. The summed E-state index contributed by atoms with van der Waals surface area (Å²) in [6, 6.07) is 9.31. The number of Topliss-reactive ketones (excluding diaryl/α,β-unsaturated/α-hetero) is 1. The zero-order valence-electron chi connectivity index (χ0n) is 15.6. The molecule has 1 heterocycles. The van der Waals surface area contributed by atoms with Gasteiger partial charge < -0.3 is 9.84 Å². The van der Waals surface area contributed by atoms with Crippen LogP contribution in [0, 0.1) is 6.92 Å².